The van der Waals surface area contributed by atoms with Gasteiger partial charge in [0.1, 0.15) is 24.9 Å². The van der Waals surface area contributed by atoms with Crippen LogP contribution in [0.2, 0.25) is 0 Å². The summed E-state index contributed by atoms with van der Waals surface area (Å²) in [7, 11) is 0. The third-order valence-corrected chi connectivity index (χ3v) is 5.02. The third-order valence-electron chi connectivity index (χ3n) is 5.02. The van der Waals surface area contributed by atoms with Crippen molar-refractivity contribution in [3.8, 4) is 11.5 Å². The van der Waals surface area contributed by atoms with E-state index in [9.17, 15) is 0 Å². The van der Waals surface area contributed by atoms with Crippen LogP contribution in [0.3, 0.4) is 0 Å². The van der Waals surface area contributed by atoms with Gasteiger partial charge in [0, 0.05) is 49.1 Å². The van der Waals surface area contributed by atoms with Gasteiger partial charge in [-0.2, -0.15) is 0 Å². The van der Waals surface area contributed by atoms with Gasteiger partial charge >= 0.3 is 0 Å². The molecule has 2 aliphatic rings. The van der Waals surface area contributed by atoms with Crippen LogP contribution in [0, 0.1) is 6.92 Å². The molecule has 0 spiro atoms. The summed E-state index contributed by atoms with van der Waals surface area (Å²) >= 11 is 0. The van der Waals surface area contributed by atoms with E-state index in [0.717, 1.165) is 73.3 Å². The van der Waals surface area contributed by atoms with E-state index in [0.29, 0.717) is 19.3 Å². The number of aryl methyl sites for hydroxylation is 2. The number of rotatable bonds is 5. The molecule has 6 nitrogen and oxygen atoms in total. The molecule has 0 aliphatic carbocycles. The van der Waals surface area contributed by atoms with Gasteiger partial charge in [-0.3, -0.25) is 0 Å². The maximum Gasteiger partial charge on any atom is 0.163 e. The Labute approximate surface area is 160 Å². The van der Waals surface area contributed by atoms with Crippen LogP contribution in [0.15, 0.2) is 24.3 Å². The van der Waals surface area contributed by atoms with Crippen molar-refractivity contribution in [2.75, 3.05) is 36.5 Å². The van der Waals surface area contributed by atoms with E-state index >= 15 is 0 Å². The summed E-state index contributed by atoms with van der Waals surface area (Å²) in [6.07, 6.45) is 4.30. The average molecular weight is 368 g/mol. The van der Waals surface area contributed by atoms with Crippen LogP contribution < -0.4 is 19.7 Å². The quantitative estimate of drug-likeness (QED) is 0.870. The van der Waals surface area contributed by atoms with Gasteiger partial charge in [-0.25, -0.2) is 9.97 Å². The van der Waals surface area contributed by atoms with Gasteiger partial charge < -0.3 is 19.7 Å². The SMILES string of the molecule is CCCc1nc(C)cc(N2CCCC(Nc3ccc4c(c3)OCCO4)C2)n1. The van der Waals surface area contributed by atoms with Gasteiger partial charge in [-0.05, 0) is 38.3 Å². The summed E-state index contributed by atoms with van der Waals surface area (Å²) < 4.78 is 11.3. The van der Waals surface area contributed by atoms with E-state index in [1.54, 1.807) is 0 Å². The van der Waals surface area contributed by atoms with Crippen LogP contribution in [-0.2, 0) is 6.42 Å². The molecule has 2 aliphatic heterocycles. The van der Waals surface area contributed by atoms with E-state index in [-0.39, 0.29) is 0 Å². The Kier molecular flexibility index (Phi) is 5.32. The lowest BCUT2D eigenvalue weighted by molar-refractivity contribution is 0.171. The largest absolute Gasteiger partial charge is 0.486 e. The second-order valence-corrected chi connectivity index (χ2v) is 7.32. The summed E-state index contributed by atoms with van der Waals surface area (Å²) in [4.78, 5) is 11.7. The second kappa shape index (κ2) is 8.03. The predicted octanol–water partition coefficient (Wildman–Crippen LogP) is 3.59. The molecular formula is C21H28N4O2. The summed E-state index contributed by atoms with van der Waals surface area (Å²) in [5.74, 6) is 3.67. The summed E-state index contributed by atoms with van der Waals surface area (Å²) in [5.41, 5.74) is 2.13. The van der Waals surface area contributed by atoms with Crippen molar-refractivity contribution in [1.82, 2.24) is 9.97 Å². The van der Waals surface area contributed by atoms with Gasteiger partial charge in [0.25, 0.3) is 0 Å². The van der Waals surface area contributed by atoms with Gasteiger partial charge in [-0.1, -0.05) is 6.92 Å². The van der Waals surface area contributed by atoms with Crippen LogP contribution >= 0.6 is 0 Å². The molecule has 1 atom stereocenters. The van der Waals surface area contributed by atoms with Crippen molar-refractivity contribution in [3.05, 3.63) is 35.8 Å². The minimum Gasteiger partial charge on any atom is -0.486 e. The average Bonchev–Trinajstić information content (AvgIpc) is 2.68. The fraction of sp³-hybridized carbons (Fsp3) is 0.524. The molecular weight excluding hydrogens is 340 g/mol. The number of benzene rings is 1. The molecule has 0 bridgehead atoms. The molecule has 4 rings (SSSR count). The molecule has 0 radical (unpaired) electrons. The topological polar surface area (TPSA) is 59.5 Å². The van der Waals surface area contributed by atoms with Crippen LogP contribution in [0.1, 0.15) is 37.7 Å². The number of nitrogens with one attached hydrogen (secondary N) is 1. The number of nitrogens with zero attached hydrogens (tertiary/aromatic N) is 3. The Morgan fingerprint density at radius 1 is 1.15 bits per heavy atom. The molecule has 2 aromatic rings. The molecule has 6 heteroatoms. The molecule has 0 amide bonds. The van der Waals surface area contributed by atoms with Crippen molar-refractivity contribution in [1.29, 1.82) is 0 Å². The number of fused-ring (bicyclic) bond motifs is 1. The summed E-state index contributed by atoms with van der Waals surface area (Å²) in [5, 5.41) is 3.66. The van der Waals surface area contributed by atoms with Crippen LogP contribution in [0.25, 0.3) is 0 Å². The molecule has 1 N–H and O–H groups in total. The Hall–Kier alpha value is -2.50. The lowest BCUT2D eigenvalue weighted by atomic mass is 10.0. The molecule has 1 unspecified atom stereocenters. The van der Waals surface area contributed by atoms with Crippen LogP contribution in [0.5, 0.6) is 11.5 Å². The first-order valence-corrected chi connectivity index (χ1v) is 9.97. The summed E-state index contributed by atoms with van der Waals surface area (Å²) in [6.45, 7) is 7.44. The van der Waals surface area contributed by atoms with E-state index in [4.69, 9.17) is 14.5 Å². The molecule has 0 saturated carbocycles. The smallest absolute Gasteiger partial charge is 0.163 e. The van der Waals surface area contributed by atoms with Gasteiger partial charge in [0.15, 0.2) is 11.5 Å². The Morgan fingerprint density at radius 3 is 2.85 bits per heavy atom. The molecule has 27 heavy (non-hydrogen) atoms. The maximum absolute atomic E-state index is 5.70. The van der Waals surface area contributed by atoms with Crippen molar-refractivity contribution >= 4 is 11.5 Å². The third kappa shape index (κ3) is 4.26. The van der Waals surface area contributed by atoms with Crippen LogP contribution in [0.4, 0.5) is 11.5 Å². The Balaban J connectivity index is 1.45. The van der Waals surface area contributed by atoms with Crippen molar-refractivity contribution in [2.24, 2.45) is 0 Å². The molecule has 3 heterocycles. The van der Waals surface area contributed by atoms with Crippen molar-refractivity contribution in [2.45, 2.75) is 45.6 Å². The minimum atomic E-state index is 0.381. The van der Waals surface area contributed by atoms with Gasteiger partial charge in [0.2, 0.25) is 0 Å². The van der Waals surface area contributed by atoms with E-state index in [1.807, 2.05) is 12.1 Å². The van der Waals surface area contributed by atoms with Crippen LogP contribution in [-0.4, -0.2) is 42.3 Å². The highest BCUT2D eigenvalue weighted by molar-refractivity contribution is 5.56. The first-order valence-electron chi connectivity index (χ1n) is 9.97. The number of hydrogen-bond acceptors (Lipinski definition) is 6. The Bertz CT molecular complexity index is 796. The minimum absolute atomic E-state index is 0.381. The number of aromatic nitrogens is 2. The van der Waals surface area contributed by atoms with E-state index < -0.39 is 0 Å². The number of hydrogen-bond donors (Lipinski definition) is 1. The molecule has 1 aromatic carbocycles. The zero-order valence-corrected chi connectivity index (χ0v) is 16.2. The highest BCUT2D eigenvalue weighted by atomic mass is 16.6. The summed E-state index contributed by atoms with van der Waals surface area (Å²) in [6, 6.07) is 8.59. The Morgan fingerprint density at radius 2 is 2.00 bits per heavy atom. The van der Waals surface area contributed by atoms with E-state index in [2.05, 4.69) is 41.2 Å². The van der Waals surface area contributed by atoms with Gasteiger partial charge in [0.05, 0.1) is 0 Å². The zero-order chi connectivity index (χ0) is 18.6. The second-order valence-electron chi connectivity index (χ2n) is 7.32. The highest BCUT2D eigenvalue weighted by Crippen LogP contribution is 2.33. The standard InChI is InChI=1S/C21H28N4O2/c1-3-5-20-22-15(2)12-21(24-20)25-9-4-6-17(14-25)23-16-7-8-18-19(13-16)27-11-10-26-18/h7-8,12-13,17,23H,3-6,9-11,14H2,1-2H3. The first kappa shape index (κ1) is 17.9. The molecule has 1 saturated heterocycles. The normalized spacial score (nSPS) is 19.0. The fourth-order valence-corrected chi connectivity index (χ4v) is 3.78. The predicted molar refractivity (Wildman–Crippen MR) is 107 cm³/mol. The lowest BCUT2D eigenvalue weighted by Crippen LogP contribution is -2.42. The number of piperidine rings is 1. The highest BCUT2D eigenvalue weighted by Gasteiger charge is 2.22. The number of anilines is 2. The maximum atomic E-state index is 5.70. The molecule has 144 valence electrons. The fourth-order valence-electron chi connectivity index (χ4n) is 3.78. The number of ether oxygens (including phenoxy) is 2. The molecule has 1 aromatic heterocycles. The lowest BCUT2D eigenvalue weighted by Gasteiger charge is -2.35. The van der Waals surface area contributed by atoms with Crippen molar-refractivity contribution < 1.29 is 9.47 Å². The van der Waals surface area contributed by atoms with E-state index in [1.165, 1.54) is 0 Å². The monoisotopic (exact) mass is 368 g/mol. The first-order chi connectivity index (χ1) is 13.2. The zero-order valence-electron chi connectivity index (χ0n) is 16.2. The molecule has 1 fully saturated rings. The van der Waals surface area contributed by atoms with Crippen molar-refractivity contribution in [3.63, 3.8) is 0 Å². The van der Waals surface area contributed by atoms with Gasteiger partial charge in [-0.15, -0.1) is 0 Å².